The molecule has 0 saturated heterocycles. The Morgan fingerprint density at radius 1 is 1.33 bits per heavy atom. The van der Waals surface area contributed by atoms with Crippen molar-refractivity contribution in [1.82, 2.24) is 10.2 Å². The van der Waals surface area contributed by atoms with Crippen molar-refractivity contribution in [3.63, 3.8) is 0 Å². The molecule has 3 N–H and O–H groups in total. The summed E-state index contributed by atoms with van der Waals surface area (Å²) in [5, 5.41) is 20.1. The van der Waals surface area contributed by atoms with Gasteiger partial charge in [-0.3, -0.25) is 0 Å². The number of carboxylic acid groups (broad SMARTS) is 1. The predicted molar refractivity (Wildman–Crippen MR) is 68.4 cm³/mol. The minimum Gasteiger partial charge on any atom is -0.480 e. The second kappa shape index (κ2) is 8.74. The zero-order valence-electron chi connectivity index (χ0n) is 11.3. The molecule has 0 rings (SSSR count). The van der Waals surface area contributed by atoms with Gasteiger partial charge in [0.05, 0.1) is 0 Å². The monoisotopic (exact) mass is 260 g/mol. The lowest BCUT2D eigenvalue weighted by molar-refractivity contribution is -0.139. The van der Waals surface area contributed by atoms with Gasteiger partial charge in [0.25, 0.3) is 0 Å². The highest BCUT2D eigenvalue weighted by atomic mass is 16.4. The van der Waals surface area contributed by atoms with Crippen molar-refractivity contribution in [2.45, 2.75) is 39.7 Å². The van der Waals surface area contributed by atoms with Crippen molar-refractivity contribution in [3.8, 4) is 0 Å². The summed E-state index contributed by atoms with van der Waals surface area (Å²) in [6, 6.07) is -1.42. The smallest absolute Gasteiger partial charge is 0.326 e. The number of amides is 2. The summed E-state index contributed by atoms with van der Waals surface area (Å²) in [5.41, 5.74) is 0. The second-order valence-electron chi connectivity index (χ2n) is 4.40. The summed E-state index contributed by atoms with van der Waals surface area (Å²) in [6.07, 6.45) is 0.977. The van der Waals surface area contributed by atoms with Crippen molar-refractivity contribution in [1.29, 1.82) is 0 Å². The zero-order chi connectivity index (χ0) is 14.1. The molecule has 106 valence electrons. The highest BCUT2D eigenvalue weighted by molar-refractivity contribution is 5.82. The Morgan fingerprint density at radius 3 is 2.33 bits per heavy atom. The molecule has 18 heavy (non-hydrogen) atoms. The molecule has 0 aromatic carbocycles. The van der Waals surface area contributed by atoms with Crippen molar-refractivity contribution >= 4 is 12.0 Å². The zero-order valence-corrected chi connectivity index (χ0v) is 11.3. The van der Waals surface area contributed by atoms with E-state index in [4.69, 9.17) is 10.2 Å². The van der Waals surface area contributed by atoms with E-state index in [1.165, 1.54) is 0 Å². The fourth-order valence-electron chi connectivity index (χ4n) is 1.49. The van der Waals surface area contributed by atoms with Crippen LogP contribution in [-0.2, 0) is 4.79 Å². The Hall–Kier alpha value is -1.30. The van der Waals surface area contributed by atoms with E-state index in [-0.39, 0.29) is 13.0 Å². The normalized spacial score (nSPS) is 13.8. The van der Waals surface area contributed by atoms with Crippen molar-refractivity contribution in [2.75, 3.05) is 19.7 Å². The maximum absolute atomic E-state index is 11.9. The first-order valence-corrected chi connectivity index (χ1v) is 6.35. The molecular formula is C12H24N2O4. The number of rotatable bonds is 8. The largest absolute Gasteiger partial charge is 0.480 e. The number of aliphatic hydroxyl groups is 1. The van der Waals surface area contributed by atoms with Crippen LogP contribution < -0.4 is 5.32 Å². The van der Waals surface area contributed by atoms with Crippen LogP contribution in [0.15, 0.2) is 0 Å². The average Bonchev–Trinajstić information content (AvgIpc) is 2.34. The van der Waals surface area contributed by atoms with Crippen LogP contribution in [0.2, 0.25) is 0 Å². The van der Waals surface area contributed by atoms with Crippen molar-refractivity contribution < 1.29 is 19.8 Å². The third-order valence-electron chi connectivity index (χ3n) is 2.91. The number of carbonyl (C=O) groups is 2. The molecule has 0 aromatic heterocycles. The van der Waals surface area contributed by atoms with Crippen LogP contribution in [0.3, 0.4) is 0 Å². The minimum atomic E-state index is -1.13. The van der Waals surface area contributed by atoms with E-state index in [9.17, 15) is 9.59 Å². The van der Waals surface area contributed by atoms with Crippen LogP contribution in [0.4, 0.5) is 4.79 Å². The Bertz CT molecular complexity index is 271. The lowest BCUT2D eigenvalue weighted by Gasteiger charge is -2.26. The quantitative estimate of drug-likeness (QED) is 0.605. The molecule has 6 heteroatoms. The number of aliphatic hydroxyl groups excluding tert-OH is 1. The van der Waals surface area contributed by atoms with Gasteiger partial charge in [0.1, 0.15) is 6.04 Å². The third kappa shape index (κ3) is 5.86. The first-order chi connectivity index (χ1) is 8.46. The molecular weight excluding hydrogens is 236 g/mol. The molecule has 0 heterocycles. The number of aliphatic carboxylic acids is 1. The summed E-state index contributed by atoms with van der Waals surface area (Å²) < 4.78 is 0. The average molecular weight is 260 g/mol. The maximum Gasteiger partial charge on any atom is 0.326 e. The summed E-state index contributed by atoms with van der Waals surface area (Å²) >= 11 is 0. The van der Waals surface area contributed by atoms with E-state index in [2.05, 4.69) is 5.32 Å². The highest BCUT2D eigenvalue weighted by Gasteiger charge is 2.22. The molecule has 0 radical (unpaired) electrons. The lowest BCUT2D eigenvalue weighted by atomic mass is 10.1. The van der Waals surface area contributed by atoms with Crippen LogP contribution >= 0.6 is 0 Å². The molecule has 0 fully saturated rings. The van der Waals surface area contributed by atoms with Crippen molar-refractivity contribution in [2.24, 2.45) is 5.92 Å². The van der Waals surface area contributed by atoms with Crippen molar-refractivity contribution in [3.05, 3.63) is 0 Å². The van der Waals surface area contributed by atoms with E-state index in [1.807, 2.05) is 20.8 Å². The number of urea groups is 1. The number of nitrogens with zero attached hydrogens (tertiary/aromatic N) is 1. The Balaban J connectivity index is 4.44. The third-order valence-corrected chi connectivity index (χ3v) is 2.91. The highest BCUT2D eigenvalue weighted by Crippen LogP contribution is 2.05. The lowest BCUT2D eigenvalue weighted by Crippen LogP contribution is -2.49. The molecule has 0 aliphatic carbocycles. The van der Waals surface area contributed by atoms with Crippen LogP contribution in [0.1, 0.15) is 33.6 Å². The summed E-state index contributed by atoms with van der Waals surface area (Å²) in [4.78, 5) is 24.3. The Labute approximate surface area is 108 Å². The minimum absolute atomic E-state index is 0.0158. The fraction of sp³-hybridized carbons (Fsp3) is 0.833. The maximum atomic E-state index is 11.9. The summed E-state index contributed by atoms with van der Waals surface area (Å²) in [6.45, 7) is 6.80. The van der Waals surface area contributed by atoms with Gasteiger partial charge < -0.3 is 20.4 Å². The van der Waals surface area contributed by atoms with Gasteiger partial charge >= 0.3 is 12.0 Å². The van der Waals surface area contributed by atoms with Gasteiger partial charge in [0, 0.05) is 26.1 Å². The fourth-order valence-corrected chi connectivity index (χ4v) is 1.49. The number of nitrogens with one attached hydrogen (secondary N) is 1. The van der Waals surface area contributed by atoms with Crippen LogP contribution in [0.25, 0.3) is 0 Å². The molecule has 0 bridgehead atoms. The van der Waals surface area contributed by atoms with Gasteiger partial charge in [0.15, 0.2) is 0 Å². The topological polar surface area (TPSA) is 89.9 Å². The first kappa shape index (κ1) is 16.7. The molecule has 6 nitrogen and oxygen atoms in total. The number of carbonyl (C=O) groups excluding carboxylic acids is 1. The van der Waals surface area contributed by atoms with E-state index >= 15 is 0 Å². The second-order valence-corrected chi connectivity index (χ2v) is 4.40. The molecule has 0 aliphatic heterocycles. The molecule has 0 spiro atoms. The van der Waals surface area contributed by atoms with E-state index in [0.717, 1.165) is 6.42 Å². The predicted octanol–water partition coefficient (Wildman–Crippen LogP) is 0.900. The van der Waals surface area contributed by atoms with Crippen LogP contribution in [-0.4, -0.2) is 52.9 Å². The van der Waals surface area contributed by atoms with Crippen LogP contribution in [0, 0.1) is 5.92 Å². The number of hydrogen-bond acceptors (Lipinski definition) is 3. The summed E-state index contributed by atoms with van der Waals surface area (Å²) in [5.74, 6) is -0.756. The van der Waals surface area contributed by atoms with Gasteiger partial charge in [-0.2, -0.15) is 0 Å². The summed E-state index contributed by atoms with van der Waals surface area (Å²) in [7, 11) is 0. The standard InChI is InChI=1S/C12H24N2O4/c1-4-9(3)8-14(5-2)12(18)13-10(6-7-15)11(16)17/h9-10,15H,4-8H2,1-3H3,(H,13,18)(H,16,17)/t9?,10-/m0/s1. The van der Waals surface area contributed by atoms with Gasteiger partial charge in [0.2, 0.25) is 0 Å². The van der Waals surface area contributed by atoms with Crippen LogP contribution in [0.5, 0.6) is 0 Å². The number of hydrogen-bond donors (Lipinski definition) is 3. The molecule has 0 aliphatic rings. The molecule has 1 unspecified atom stereocenters. The van der Waals surface area contributed by atoms with Gasteiger partial charge in [-0.05, 0) is 12.8 Å². The van der Waals surface area contributed by atoms with E-state index in [1.54, 1.807) is 4.90 Å². The van der Waals surface area contributed by atoms with E-state index < -0.39 is 18.0 Å². The van der Waals surface area contributed by atoms with E-state index in [0.29, 0.717) is 19.0 Å². The van der Waals surface area contributed by atoms with Gasteiger partial charge in [-0.25, -0.2) is 9.59 Å². The van der Waals surface area contributed by atoms with Gasteiger partial charge in [-0.1, -0.05) is 20.3 Å². The molecule has 2 atom stereocenters. The SMILES string of the molecule is CCC(C)CN(CC)C(=O)N[C@@H](CCO)C(=O)O. The molecule has 0 aromatic rings. The first-order valence-electron chi connectivity index (χ1n) is 6.35. The Morgan fingerprint density at radius 2 is 1.94 bits per heavy atom. The molecule has 2 amide bonds. The Kier molecular flexibility index (Phi) is 8.11. The number of carboxylic acids is 1. The van der Waals surface area contributed by atoms with Gasteiger partial charge in [-0.15, -0.1) is 0 Å². The molecule has 0 saturated carbocycles.